The number of halogens is 1. The van der Waals surface area contributed by atoms with E-state index in [0.717, 1.165) is 32.5 Å². The Balaban J connectivity index is 1.90. The highest BCUT2D eigenvalue weighted by molar-refractivity contribution is 7.98. The summed E-state index contributed by atoms with van der Waals surface area (Å²) in [5, 5.41) is 5.94. The molecule has 0 atom stereocenters. The number of benzene rings is 2. The molecule has 5 heteroatoms. The molecule has 0 saturated carbocycles. The lowest BCUT2D eigenvalue weighted by Gasteiger charge is -2.10. The van der Waals surface area contributed by atoms with Gasteiger partial charge in [0.05, 0.1) is 5.52 Å². The second-order valence-electron chi connectivity index (χ2n) is 4.56. The topological polar surface area (TPSA) is 37.8 Å². The molecule has 0 saturated heterocycles. The second kappa shape index (κ2) is 6.33. The summed E-state index contributed by atoms with van der Waals surface area (Å²) in [6.45, 7) is 0.700. The Kier molecular flexibility index (Phi) is 4.27. The van der Waals surface area contributed by atoms with E-state index < -0.39 is 0 Å². The number of anilines is 1. The maximum atomic E-state index is 5.90. The van der Waals surface area contributed by atoms with Crippen molar-refractivity contribution in [2.75, 3.05) is 11.6 Å². The van der Waals surface area contributed by atoms with Crippen LogP contribution in [0.2, 0.25) is 5.02 Å². The summed E-state index contributed by atoms with van der Waals surface area (Å²) in [5.74, 6) is 0.861. The predicted octanol–water partition coefficient (Wildman–Crippen LogP) is 4.62. The van der Waals surface area contributed by atoms with E-state index in [-0.39, 0.29) is 0 Å². The third-order valence-electron chi connectivity index (χ3n) is 3.14. The molecule has 0 amide bonds. The normalized spacial score (nSPS) is 10.8. The maximum Gasteiger partial charge on any atom is 0.189 e. The van der Waals surface area contributed by atoms with E-state index in [4.69, 9.17) is 11.6 Å². The van der Waals surface area contributed by atoms with Crippen LogP contribution in [0.1, 0.15) is 5.56 Å². The molecular weight excluding hydrogens is 302 g/mol. The van der Waals surface area contributed by atoms with Gasteiger partial charge in [0.2, 0.25) is 0 Å². The second-order valence-corrected chi connectivity index (χ2v) is 5.77. The predicted molar refractivity (Wildman–Crippen MR) is 90.1 cm³/mol. The first-order chi connectivity index (χ1) is 10.3. The van der Waals surface area contributed by atoms with Crippen molar-refractivity contribution >= 4 is 40.1 Å². The number of thioether (sulfide) groups is 1. The lowest BCUT2D eigenvalue weighted by atomic mass is 10.2. The molecular formula is C16H14ClN3S. The zero-order valence-corrected chi connectivity index (χ0v) is 13.1. The van der Waals surface area contributed by atoms with Gasteiger partial charge in [-0.15, -0.1) is 0 Å². The molecule has 0 spiro atoms. The zero-order valence-electron chi connectivity index (χ0n) is 11.5. The van der Waals surface area contributed by atoms with Crippen molar-refractivity contribution in [3.05, 3.63) is 59.1 Å². The first-order valence-electron chi connectivity index (χ1n) is 6.55. The standard InChI is InChI=1S/C16H14ClN3S/c1-21-16-19-14-5-3-2-4-13(14)15(20-16)18-10-11-6-8-12(17)9-7-11/h2-9H,10H2,1H3,(H,18,19,20). The molecule has 0 aliphatic rings. The minimum absolute atomic E-state index is 0.700. The van der Waals surface area contributed by atoms with Crippen LogP contribution in [0.4, 0.5) is 5.82 Å². The van der Waals surface area contributed by atoms with Gasteiger partial charge in [0.15, 0.2) is 5.16 Å². The van der Waals surface area contributed by atoms with E-state index >= 15 is 0 Å². The average Bonchev–Trinajstić information content (AvgIpc) is 2.53. The molecule has 0 fully saturated rings. The van der Waals surface area contributed by atoms with Crippen LogP contribution in [0.3, 0.4) is 0 Å². The highest BCUT2D eigenvalue weighted by Crippen LogP contribution is 2.23. The minimum atomic E-state index is 0.700. The smallest absolute Gasteiger partial charge is 0.189 e. The molecule has 1 aromatic heterocycles. The summed E-state index contributed by atoms with van der Waals surface area (Å²) < 4.78 is 0. The van der Waals surface area contributed by atoms with Gasteiger partial charge in [0.1, 0.15) is 5.82 Å². The monoisotopic (exact) mass is 315 g/mol. The van der Waals surface area contributed by atoms with Gasteiger partial charge in [-0.3, -0.25) is 0 Å². The van der Waals surface area contributed by atoms with Gasteiger partial charge < -0.3 is 5.32 Å². The van der Waals surface area contributed by atoms with Crippen molar-refractivity contribution < 1.29 is 0 Å². The number of nitrogens with zero attached hydrogens (tertiary/aromatic N) is 2. The fourth-order valence-corrected chi connectivity index (χ4v) is 2.57. The summed E-state index contributed by atoms with van der Waals surface area (Å²) in [6.07, 6.45) is 1.98. The maximum absolute atomic E-state index is 5.90. The largest absolute Gasteiger partial charge is 0.365 e. The van der Waals surface area contributed by atoms with Crippen LogP contribution < -0.4 is 5.32 Å². The van der Waals surface area contributed by atoms with Crippen LogP contribution in [-0.2, 0) is 6.54 Å². The summed E-state index contributed by atoms with van der Waals surface area (Å²) in [7, 11) is 0. The van der Waals surface area contributed by atoms with E-state index in [2.05, 4.69) is 15.3 Å². The van der Waals surface area contributed by atoms with E-state index in [1.807, 2.05) is 54.8 Å². The minimum Gasteiger partial charge on any atom is -0.365 e. The number of hydrogen-bond donors (Lipinski definition) is 1. The molecule has 0 radical (unpaired) electrons. The van der Waals surface area contributed by atoms with Crippen molar-refractivity contribution in [2.45, 2.75) is 11.7 Å². The van der Waals surface area contributed by atoms with E-state index in [0.29, 0.717) is 6.54 Å². The first kappa shape index (κ1) is 14.2. The van der Waals surface area contributed by atoms with Crippen molar-refractivity contribution in [1.29, 1.82) is 0 Å². The Bertz CT molecular complexity index is 759. The summed E-state index contributed by atoms with van der Waals surface area (Å²) >= 11 is 7.44. The van der Waals surface area contributed by atoms with Gasteiger partial charge in [-0.25, -0.2) is 9.97 Å². The molecule has 0 unspecified atom stereocenters. The highest BCUT2D eigenvalue weighted by atomic mass is 35.5. The van der Waals surface area contributed by atoms with Crippen molar-refractivity contribution in [2.24, 2.45) is 0 Å². The van der Waals surface area contributed by atoms with Gasteiger partial charge in [-0.1, -0.05) is 47.6 Å². The molecule has 0 bridgehead atoms. The summed E-state index contributed by atoms with van der Waals surface area (Å²) in [4.78, 5) is 9.08. The van der Waals surface area contributed by atoms with Crippen LogP contribution in [0, 0.1) is 0 Å². The fraction of sp³-hybridized carbons (Fsp3) is 0.125. The summed E-state index contributed by atoms with van der Waals surface area (Å²) in [6, 6.07) is 15.8. The van der Waals surface area contributed by atoms with Gasteiger partial charge >= 0.3 is 0 Å². The van der Waals surface area contributed by atoms with E-state index in [9.17, 15) is 0 Å². The van der Waals surface area contributed by atoms with Gasteiger partial charge in [0, 0.05) is 17.0 Å². The molecule has 2 aromatic carbocycles. The fourth-order valence-electron chi connectivity index (χ4n) is 2.07. The van der Waals surface area contributed by atoms with Crippen LogP contribution in [0.5, 0.6) is 0 Å². The van der Waals surface area contributed by atoms with E-state index in [1.165, 1.54) is 0 Å². The number of para-hydroxylation sites is 1. The van der Waals surface area contributed by atoms with Crippen LogP contribution in [-0.4, -0.2) is 16.2 Å². The van der Waals surface area contributed by atoms with Gasteiger partial charge in [-0.2, -0.15) is 0 Å². The number of hydrogen-bond acceptors (Lipinski definition) is 4. The lowest BCUT2D eigenvalue weighted by Crippen LogP contribution is -2.03. The SMILES string of the molecule is CSc1nc(NCc2ccc(Cl)cc2)c2ccccc2n1. The lowest BCUT2D eigenvalue weighted by molar-refractivity contribution is 0.988. The quantitative estimate of drug-likeness (QED) is 0.563. The Morgan fingerprint density at radius 3 is 2.57 bits per heavy atom. The van der Waals surface area contributed by atoms with Crippen LogP contribution in [0.25, 0.3) is 10.9 Å². The molecule has 1 N–H and O–H groups in total. The number of rotatable bonds is 4. The van der Waals surface area contributed by atoms with Crippen LogP contribution in [0.15, 0.2) is 53.7 Å². The Labute approximate surface area is 132 Å². The zero-order chi connectivity index (χ0) is 14.7. The molecule has 3 aromatic rings. The molecule has 106 valence electrons. The third kappa shape index (κ3) is 3.28. The molecule has 0 aliphatic carbocycles. The van der Waals surface area contributed by atoms with Crippen LogP contribution >= 0.6 is 23.4 Å². The number of fused-ring (bicyclic) bond motifs is 1. The molecule has 3 rings (SSSR count). The number of nitrogens with one attached hydrogen (secondary N) is 1. The Morgan fingerprint density at radius 1 is 1.05 bits per heavy atom. The Hall–Kier alpha value is -1.78. The molecule has 1 heterocycles. The van der Waals surface area contributed by atoms with Crippen molar-refractivity contribution in [1.82, 2.24) is 9.97 Å². The molecule has 21 heavy (non-hydrogen) atoms. The average molecular weight is 316 g/mol. The third-order valence-corrected chi connectivity index (χ3v) is 3.94. The highest BCUT2D eigenvalue weighted by Gasteiger charge is 2.06. The van der Waals surface area contributed by atoms with Crippen molar-refractivity contribution in [3.8, 4) is 0 Å². The van der Waals surface area contributed by atoms with Gasteiger partial charge in [0.25, 0.3) is 0 Å². The van der Waals surface area contributed by atoms with Crippen molar-refractivity contribution in [3.63, 3.8) is 0 Å². The van der Waals surface area contributed by atoms with Gasteiger partial charge in [-0.05, 0) is 36.1 Å². The molecule has 3 nitrogen and oxygen atoms in total. The summed E-state index contributed by atoms with van der Waals surface area (Å²) in [5.41, 5.74) is 2.11. The first-order valence-corrected chi connectivity index (χ1v) is 8.15. The van der Waals surface area contributed by atoms with E-state index in [1.54, 1.807) is 11.8 Å². The number of aromatic nitrogens is 2. The Morgan fingerprint density at radius 2 is 1.81 bits per heavy atom. The molecule has 0 aliphatic heterocycles.